The maximum atomic E-state index is 5.85. The first-order chi connectivity index (χ1) is 8.79. The summed E-state index contributed by atoms with van der Waals surface area (Å²) in [6.45, 7) is 3.10. The quantitative estimate of drug-likeness (QED) is 0.807. The Hall–Kier alpha value is -0.780. The standard InChI is InChI=1S/C12H14ClN3S2/c1-2-7-14-12-11(15-16-18-12)8-17-10-5-3-9(13)4-6-10/h3-6,14H,2,7-8H2,1H3. The summed E-state index contributed by atoms with van der Waals surface area (Å²) < 4.78 is 4.00. The number of nitrogens with one attached hydrogen (secondary N) is 1. The second-order valence-corrected chi connectivity index (χ2v) is 5.96. The molecule has 18 heavy (non-hydrogen) atoms. The SMILES string of the molecule is CCCNc1snnc1CSc1ccc(Cl)cc1. The fourth-order valence-electron chi connectivity index (χ4n) is 1.36. The number of benzene rings is 1. The zero-order chi connectivity index (χ0) is 12.8. The van der Waals surface area contributed by atoms with Crippen LogP contribution in [0.25, 0.3) is 0 Å². The van der Waals surface area contributed by atoms with E-state index in [4.69, 9.17) is 11.6 Å². The van der Waals surface area contributed by atoms with Gasteiger partial charge in [-0.1, -0.05) is 23.0 Å². The van der Waals surface area contributed by atoms with Crippen LogP contribution in [0.2, 0.25) is 5.02 Å². The molecule has 1 N–H and O–H groups in total. The lowest BCUT2D eigenvalue weighted by atomic mass is 10.4. The third kappa shape index (κ3) is 3.86. The van der Waals surface area contributed by atoms with E-state index in [2.05, 4.69) is 21.8 Å². The average molecular weight is 300 g/mol. The van der Waals surface area contributed by atoms with Crippen LogP contribution in [-0.2, 0) is 5.75 Å². The summed E-state index contributed by atoms with van der Waals surface area (Å²) in [5.41, 5.74) is 1.02. The molecule has 0 spiro atoms. The Kier molecular flexibility index (Phi) is 5.28. The molecule has 0 amide bonds. The van der Waals surface area contributed by atoms with Crippen LogP contribution >= 0.6 is 34.9 Å². The fraction of sp³-hybridized carbons (Fsp3) is 0.333. The summed E-state index contributed by atoms with van der Waals surface area (Å²) in [6, 6.07) is 7.84. The van der Waals surface area contributed by atoms with Gasteiger partial charge in [0, 0.05) is 33.7 Å². The summed E-state index contributed by atoms with van der Waals surface area (Å²) in [5.74, 6) is 0.824. The predicted molar refractivity (Wildman–Crippen MR) is 79.7 cm³/mol. The molecule has 0 bridgehead atoms. The Morgan fingerprint density at radius 2 is 2.11 bits per heavy atom. The van der Waals surface area contributed by atoms with Gasteiger partial charge in [-0.15, -0.1) is 16.9 Å². The first kappa shape index (κ1) is 13.6. The predicted octanol–water partition coefficient (Wildman–Crippen LogP) is 4.31. The van der Waals surface area contributed by atoms with Crippen LogP contribution in [0.1, 0.15) is 19.0 Å². The van der Waals surface area contributed by atoms with Crippen LogP contribution in [0.5, 0.6) is 0 Å². The van der Waals surface area contributed by atoms with E-state index in [1.54, 1.807) is 11.8 Å². The summed E-state index contributed by atoms with van der Waals surface area (Å²) >= 11 is 9.01. The van der Waals surface area contributed by atoms with Crippen LogP contribution in [0.3, 0.4) is 0 Å². The Bertz CT molecular complexity index is 484. The molecule has 0 unspecified atom stereocenters. The van der Waals surface area contributed by atoms with Crippen LogP contribution in [0.15, 0.2) is 29.2 Å². The van der Waals surface area contributed by atoms with Crippen molar-refractivity contribution in [3.05, 3.63) is 35.0 Å². The topological polar surface area (TPSA) is 37.8 Å². The van der Waals surface area contributed by atoms with Crippen LogP contribution < -0.4 is 5.32 Å². The number of rotatable bonds is 6. The Morgan fingerprint density at radius 3 is 2.83 bits per heavy atom. The highest BCUT2D eigenvalue weighted by atomic mass is 35.5. The molecule has 3 nitrogen and oxygen atoms in total. The third-order valence-corrected chi connectivity index (χ3v) is 4.28. The number of halogens is 1. The highest BCUT2D eigenvalue weighted by Gasteiger charge is 2.07. The van der Waals surface area contributed by atoms with Gasteiger partial charge in [0.05, 0.1) is 0 Å². The van der Waals surface area contributed by atoms with Crippen molar-refractivity contribution in [1.29, 1.82) is 0 Å². The number of nitrogens with zero attached hydrogens (tertiary/aromatic N) is 2. The molecule has 0 fully saturated rings. The molecule has 1 aromatic heterocycles. The van der Waals surface area contributed by atoms with Gasteiger partial charge in [0.15, 0.2) is 0 Å². The maximum absolute atomic E-state index is 5.85. The lowest BCUT2D eigenvalue weighted by Crippen LogP contribution is -2.00. The van der Waals surface area contributed by atoms with E-state index in [0.29, 0.717) is 0 Å². The minimum Gasteiger partial charge on any atom is -0.374 e. The average Bonchev–Trinajstić information content (AvgIpc) is 2.83. The van der Waals surface area contributed by atoms with Gasteiger partial charge in [0.2, 0.25) is 0 Å². The van der Waals surface area contributed by atoms with Crippen molar-refractivity contribution in [3.8, 4) is 0 Å². The largest absolute Gasteiger partial charge is 0.374 e. The second kappa shape index (κ2) is 6.97. The molecular formula is C12H14ClN3S2. The molecule has 2 rings (SSSR count). The van der Waals surface area contributed by atoms with E-state index in [-0.39, 0.29) is 0 Å². The van der Waals surface area contributed by atoms with Gasteiger partial charge in [0.1, 0.15) is 10.7 Å². The van der Waals surface area contributed by atoms with E-state index in [1.165, 1.54) is 16.4 Å². The third-order valence-electron chi connectivity index (χ3n) is 2.28. The molecule has 0 saturated carbocycles. The number of aromatic nitrogens is 2. The van der Waals surface area contributed by atoms with E-state index < -0.39 is 0 Å². The van der Waals surface area contributed by atoms with Gasteiger partial charge >= 0.3 is 0 Å². The molecule has 0 radical (unpaired) electrons. The van der Waals surface area contributed by atoms with Gasteiger partial charge in [-0.25, -0.2) is 0 Å². The molecule has 0 atom stereocenters. The first-order valence-electron chi connectivity index (χ1n) is 5.73. The summed E-state index contributed by atoms with van der Waals surface area (Å²) in [6.07, 6.45) is 1.10. The number of hydrogen-bond acceptors (Lipinski definition) is 5. The zero-order valence-electron chi connectivity index (χ0n) is 10.0. The highest BCUT2D eigenvalue weighted by molar-refractivity contribution is 7.98. The number of anilines is 1. The van der Waals surface area contributed by atoms with Crippen molar-refractivity contribution >= 4 is 39.9 Å². The van der Waals surface area contributed by atoms with Crippen molar-refractivity contribution in [2.75, 3.05) is 11.9 Å². The Labute approximate surface area is 120 Å². The van der Waals surface area contributed by atoms with Crippen molar-refractivity contribution in [2.24, 2.45) is 0 Å². The van der Waals surface area contributed by atoms with Gasteiger partial charge in [-0.2, -0.15) is 0 Å². The molecule has 1 aromatic carbocycles. The number of thioether (sulfide) groups is 1. The van der Waals surface area contributed by atoms with Crippen LogP contribution in [0.4, 0.5) is 5.00 Å². The van der Waals surface area contributed by atoms with Crippen molar-refractivity contribution in [1.82, 2.24) is 9.59 Å². The molecule has 0 aliphatic heterocycles. The van der Waals surface area contributed by atoms with E-state index in [1.807, 2.05) is 24.3 Å². The first-order valence-corrected chi connectivity index (χ1v) is 7.86. The molecule has 0 aliphatic rings. The zero-order valence-corrected chi connectivity index (χ0v) is 12.4. The van der Waals surface area contributed by atoms with Gasteiger partial charge in [-0.3, -0.25) is 0 Å². The molecule has 1 heterocycles. The molecular weight excluding hydrogens is 286 g/mol. The summed E-state index contributed by atoms with van der Waals surface area (Å²) in [4.78, 5) is 1.19. The van der Waals surface area contributed by atoms with E-state index in [0.717, 1.165) is 34.4 Å². The van der Waals surface area contributed by atoms with E-state index in [9.17, 15) is 0 Å². The smallest absolute Gasteiger partial charge is 0.134 e. The minimum atomic E-state index is 0.764. The van der Waals surface area contributed by atoms with Gasteiger partial charge in [-0.05, 0) is 30.7 Å². The second-order valence-electron chi connectivity index (χ2n) is 3.72. The lowest BCUT2D eigenvalue weighted by Gasteiger charge is -2.03. The van der Waals surface area contributed by atoms with Gasteiger partial charge < -0.3 is 5.32 Å². The normalized spacial score (nSPS) is 10.6. The fourth-order valence-corrected chi connectivity index (χ4v) is 3.02. The molecule has 2 aromatic rings. The monoisotopic (exact) mass is 299 g/mol. The van der Waals surface area contributed by atoms with Crippen LogP contribution in [-0.4, -0.2) is 16.1 Å². The van der Waals surface area contributed by atoms with E-state index >= 15 is 0 Å². The van der Waals surface area contributed by atoms with Crippen LogP contribution in [0, 0.1) is 0 Å². The van der Waals surface area contributed by atoms with Crippen molar-refractivity contribution < 1.29 is 0 Å². The lowest BCUT2D eigenvalue weighted by molar-refractivity contribution is 0.976. The minimum absolute atomic E-state index is 0.764. The van der Waals surface area contributed by atoms with Crippen molar-refractivity contribution in [2.45, 2.75) is 24.0 Å². The molecule has 0 aliphatic carbocycles. The maximum Gasteiger partial charge on any atom is 0.134 e. The summed E-state index contributed by atoms with van der Waals surface area (Å²) in [7, 11) is 0. The molecule has 6 heteroatoms. The Balaban J connectivity index is 1.93. The Morgan fingerprint density at radius 1 is 1.33 bits per heavy atom. The highest BCUT2D eigenvalue weighted by Crippen LogP contribution is 2.28. The number of hydrogen-bond donors (Lipinski definition) is 1. The summed E-state index contributed by atoms with van der Waals surface area (Å²) in [5, 5.41) is 9.35. The molecule has 96 valence electrons. The molecule has 0 saturated heterocycles. The van der Waals surface area contributed by atoms with Crippen molar-refractivity contribution in [3.63, 3.8) is 0 Å². The van der Waals surface area contributed by atoms with Gasteiger partial charge in [0.25, 0.3) is 0 Å².